The lowest BCUT2D eigenvalue weighted by Gasteiger charge is -2.17. The molecule has 148 valence electrons. The number of rotatable bonds is 5. The molecule has 0 amide bonds. The van der Waals surface area contributed by atoms with E-state index < -0.39 is 6.10 Å². The summed E-state index contributed by atoms with van der Waals surface area (Å²) in [6, 6.07) is 22.6. The SMILES string of the molecule is Cc1ccc(C)c(Cn2c(C(O)c3ccc(N(C)C)cc3)nc3ccccc32)c1. The minimum Gasteiger partial charge on any atom is -0.380 e. The van der Waals surface area contributed by atoms with E-state index in [-0.39, 0.29) is 0 Å². The Labute approximate surface area is 172 Å². The third-order valence-corrected chi connectivity index (χ3v) is 5.49. The van der Waals surface area contributed by atoms with Gasteiger partial charge in [-0.05, 0) is 54.8 Å². The van der Waals surface area contributed by atoms with E-state index in [1.807, 2.05) is 61.5 Å². The highest BCUT2D eigenvalue weighted by Gasteiger charge is 2.20. The van der Waals surface area contributed by atoms with Crippen molar-refractivity contribution in [1.29, 1.82) is 0 Å². The first kappa shape index (κ1) is 19.2. The van der Waals surface area contributed by atoms with E-state index in [0.717, 1.165) is 22.3 Å². The number of para-hydroxylation sites is 2. The molecule has 0 fully saturated rings. The van der Waals surface area contributed by atoms with Crippen LogP contribution < -0.4 is 4.90 Å². The van der Waals surface area contributed by atoms with Gasteiger partial charge in [0, 0.05) is 26.3 Å². The monoisotopic (exact) mass is 385 g/mol. The number of hydrogen-bond donors (Lipinski definition) is 1. The van der Waals surface area contributed by atoms with Crippen molar-refractivity contribution in [2.24, 2.45) is 0 Å². The largest absolute Gasteiger partial charge is 0.380 e. The van der Waals surface area contributed by atoms with Crippen LogP contribution in [-0.4, -0.2) is 28.8 Å². The van der Waals surface area contributed by atoms with Gasteiger partial charge in [-0.15, -0.1) is 0 Å². The summed E-state index contributed by atoms with van der Waals surface area (Å²) in [5, 5.41) is 11.2. The molecule has 4 heteroatoms. The Bertz CT molecular complexity index is 1140. The van der Waals surface area contributed by atoms with Gasteiger partial charge < -0.3 is 14.6 Å². The molecule has 1 unspecified atom stereocenters. The molecule has 0 saturated heterocycles. The molecule has 0 bridgehead atoms. The minimum atomic E-state index is -0.788. The van der Waals surface area contributed by atoms with E-state index in [1.54, 1.807) is 0 Å². The number of aliphatic hydroxyl groups excluding tert-OH is 1. The molecule has 4 aromatic rings. The summed E-state index contributed by atoms with van der Waals surface area (Å²) in [6.45, 7) is 4.91. The molecule has 4 rings (SSSR count). The predicted octanol–water partition coefficient (Wildman–Crippen LogP) is 4.85. The maximum Gasteiger partial charge on any atom is 0.143 e. The lowest BCUT2D eigenvalue weighted by Crippen LogP contribution is -2.12. The number of benzene rings is 3. The fraction of sp³-hybridized carbons (Fsp3) is 0.240. The van der Waals surface area contributed by atoms with Crippen molar-refractivity contribution in [3.63, 3.8) is 0 Å². The number of imidazole rings is 1. The fourth-order valence-electron chi connectivity index (χ4n) is 3.71. The Kier molecular flexibility index (Phi) is 5.12. The van der Waals surface area contributed by atoms with Crippen molar-refractivity contribution >= 4 is 16.7 Å². The lowest BCUT2D eigenvalue weighted by atomic mass is 10.0. The predicted molar refractivity (Wildman–Crippen MR) is 120 cm³/mol. The van der Waals surface area contributed by atoms with Crippen molar-refractivity contribution in [2.45, 2.75) is 26.5 Å². The van der Waals surface area contributed by atoms with Crippen molar-refractivity contribution in [2.75, 3.05) is 19.0 Å². The zero-order valence-corrected chi connectivity index (χ0v) is 17.4. The number of aromatic nitrogens is 2. The van der Waals surface area contributed by atoms with Crippen LogP contribution in [0.1, 0.15) is 34.2 Å². The molecule has 3 aromatic carbocycles. The molecule has 0 aliphatic carbocycles. The van der Waals surface area contributed by atoms with Crippen LogP contribution in [0.2, 0.25) is 0 Å². The molecule has 0 spiro atoms. The number of nitrogens with zero attached hydrogens (tertiary/aromatic N) is 3. The van der Waals surface area contributed by atoms with Crippen LogP contribution in [0, 0.1) is 13.8 Å². The zero-order chi connectivity index (χ0) is 20.5. The first-order valence-corrected chi connectivity index (χ1v) is 9.90. The van der Waals surface area contributed by atoms with Crippen molar-refractivity contribution in [3.8, 4) is 0 Å². The van der Waals surface area contributed by atoms with E-state index >= 15 is 0 Å². The Morgan fingerprint density at radius 1 is 0.966 bits per heavy atom. The second-order valence-electron chi connectivity index (χ2n) is 7.86. The lowest BCUT2D eigenvalue weighted by molar-refractivity contribution is 0.206. The maximum atomic E-state index is 11.2. The summed E-state index contributed by atoms with van der Waals surface area (Å²) in [5.74, 6) is 0.671. The van der Waals surface area contributed by atoms with E-state index in [1.165, 1.54) is 16.7 Å². The summed E-state index contributed by atoms with van der Waals surface area (Å²) in [7, 11) is 4.02. The van der Waals surface area contributed by atoms with Crippen molar-refractivity contribution in [3.05, 3.63) is 94.8 Å². The van der Waals surface area contributed by atoms with Crippen LogP contribution in [-0.2, 0) is 6.54 Å². The summed E-state index contributed by atoms with van der Waals surface area (Å²) < 4.78 is 2.14. The van der Waals surface area contributed by atoms with Gasteiger partial charge in [0.15, 0.2) is 0 Å². The topological polar surface area (TPSA) is 41.3 Å². The van der Waals surface area contributed by atoms with Crippen LogP contribution in [0.4, 0.5) is 5.69 Å². The second-order valence-corrected chi connectivity index (χ2v) is 7.86. The molecule has 0 radical (unpaired) electrons. The van der Waals surface area contributed by atoms with E-state index in [2.05, 4.69) is 42.7 Å². The third-order valence-electron chi connectivity index (χ3n) is 5.49. The quantitative estimate of drug-likeness (QED) is 0.534. The number of anilines is 1. The highest BCUT2D eigenvalue weighted by atomic mass is 16.3. The van der Waals surface area contributed by atoms with Crippen LogP contribution >= 0.6 is 0 Å². The number of aliphatic hydroxyl groups is 1. The van der Waals surface area contributed by atoms with Crippen LogP contribution in [0.3, 0.4) is 0 Å². The summed E-state index contributed by atoms with van der Waals surface area (Å²) in [4.78, 5) is 6.84. The third kappa shape index (κ3) is 3.76. The highest BCUT2D eigenvalue weighted by molar-refractivity contribution is 5.76. The minimum absolute atomic E-state index is 0.671. The summed E-state index contributed by atoms with van der Waals surface area (Å²) in [6.07, 6.45) is -0.788. The fourth-order valence-corrected chi connectivity index (χ4v) is 3.71. The first-order chi connectivity index (χ1) is 13.9. The van der Waals surface area contributed by atoms with Crippen molar-refractivity contribution < 1.29 is 5.11 Å². The molecule has 0 saturated carbocycles. The van der Waals surface area contributed by atoms with Gasteiger partial charge in [0.25, 0.3) is 0 Å². The van der Waals surface area contributed by atoms with E-state index in [0.29, 0.717) is 12.4 Å². The normalized spacial score (nSPS) is 12.3. The molecular weight excluding hydrogens is 358 g/mol. The molecule has 4 nitrogen and oxygen atoms in total. The van der Waals surface area contributed by atoms with Gasteiger partial charge in [-0.1, -0.05) is 48.0 Å². The Hall–Kier alpha value is -3.11. The molecule has 1 aromatic heterocycles. The molecule has 29 heavy (non-hydrogen) atoms. The summed E-state index contributed by atoms with van der Waals surface area (Å²) >= 11 is 0. The maximum absolute atomic E-state index is 11.2. The Morgan fingerprint density at radius 2 is 1.69 bits per heavy atom. The standard InChI is InChI=1S/C25H27N3O/c1-17-9-10-18(2)20(15-17)16-28-23-8-6-5-7-22(23)26-25(28)24(29)19-11-13-21(14-12-19)27(3)4/h5-15,24,29H,16H2,1-4H3. The van der Waals surface area contributed by atoms with E-state index in [9.17, 15) is 5.11 Å². The van der Waals surface area contributed by atoms with Crippen LogP contribution in [0.5, 0.6) is 0 Å². The first-order valence-electron chi connectivity index (χ1n) is 9.90. The van der Waals surface area contributed by atoms with Gasteiger partial charge in [-0.3, -0.25) is 0 Å². The average Bonchev–Trinajstić information content (AvgIpc) is 3.09. The zero-order valence-electron chi connectivity index (χ0n) is 17.4. The summed E-state index contributed by atoms with van der Waals surface area (Å²) in [5.41, 5.74) is 7.59. The Morgan fingerprint density at radius 3 is 2.41 bits per heavy atom. The highest BCUT2D eigenvalue weighted by Crippen LogP contribution is 2.28. The smallest absolute Gasteiger partial charge is 0.143 e. The number of hydrogen-bond acceptors (Lipinski definition) is 3. The molecule has 1 N–H and O–H groups in total. The number of aryl methyl sites for hydroxylation is 2. The van der Waals surface area contributed by atoms with Gasteiger partial charge >= 0.3 is 0 Å². The second kappa shape index (κ2) is 7.72. The molecule has 0 aliphatic heterocycles. The molecular formula is C25H27N3O. The van der Waals surface area contributed by atoms with Gasteiger partial charge in [0.05, 0.1) is 11.0 Å². The average molecular weight is 386 g/mol. The van der Waals surface area contributed by atoms with Gasteiger partial charge in [0.1, 0.15) is 11.9 Å². The Balaban J connectivity index is 1.79. The molecule has 1 heterocycles. The van der Waals surface area contributed by atoms with Crippen molar-refractivity contribution in [1.82, 2.24) is 9.55 Å². The van der Waals surface area contributed by atoms with E-state index in [4.69, 9.17) is 4.98 Å². The molecule has 0 aliphatic rings. The van der Waals surface area contributed by atoms with Gasteiger partial charge in [-0.25, -0.2) is 4.98 Å². The number of fused-ring (bicyclic) bond motifs is 1. The van der Waals surface area contributed by atoms with Crippen LogP contribution in [0.25, 0.3) is 11.0 Å². The van der Waals surface area contributed by atoms with Gasteiger partial charge in [0.2, 0.25) is 0 Å². The van der Waals surface area contributed by atoms with Gasteiger partial charge in [-0.2, -0.15) is 0 Å². The molecule has 1 atom stereocenters. The van der Waals surface area contributed by atoms with Crippen LogP contribution in [0.15, 0.2) is 66.7 Å².